The highest BCUT2D eigenvalue weighted by atomic mass is 16.2. The van der Waals surface area contributed by atoms with E-state index < -0.39 is 0 Å². The van der Waals surface area contributed by atoms with Crippen molar-refractivity contribution in [3.63, 3.8) is 0 Å². The summed E-state index contributed by atoms with van der Waals surface area (Å²) in [6.07, 6.45) is 9.74. The van der Waals surface area contributed by atoms with Gasteiger partial charge in [0, 0.05) is 57.9 Å². The molecule has 0 radical (unpaired) electrons. The van der Waals surface area contributed by atoms with Crippen LogP contribution in [0.15, 0.2) is 47.9 Å². The third-order valence-corrected chi connectivity index (χ3v) is 5.90. The quantitative estimate of drug-likeness (QED) is 0.722. The van der Waals surface area contributed by atoms with E-state index >= 15 is 0 Å². The van der Waals surface area contributed by atoms with Gasteiger partial charge in [0.1, 0.15) is 6.07 Å². The predicted molar refractivity (Wildman–Crippen MR) is 124 cm³/mol. The van der Waals surface area contributed by atoms with E-state index in [0.29, 0.717) is 30.0 Å². The fraction of sp³-hybridized carbons (Fsp3) is 0.348. The van der Waals surface area contributed by atoms with Crippen LogP contribution in [0.4, 0.5) is 17.3 Å². The summed E-state index contributed by atoms with van der Waals surface area (Å²) in [5.74, 6) is 1.11. The fourth-order valence-corrected chi connectivity index (χ4v) is 4.58. The normalized spacial score (nSPS) is 20.2. The van der Waals surface area contributed by atoms with Crippen molar-refractivity contribution < 1.29 is 4.79 Å². The molecule has 2 aromatic rings. The number of amides is 1. The van der Waals surface area contributed by atoms with Crippen molar-refractivity contribution in [1.29, 1.82) is 5.26 Å². The van der Waals surface area contributed by atoms with Gasteiger partial charge in [-0.25, -0.2) is 15.0 Å². The van der Waals surface area contributed by atoms with E-state index in [-0.39, 0.29) is 18.0 Å². The zero-order valence-corrected chi connectivity index (χ0v) is 18.2. The van der Waals surface area contributed by atoms with E-state index in [1.54, 1.807) is 36.7 Å². The number of hydrogen-bond acceptors (Lipinski definition) is 8. The average molecular weight is 431 g/mol. The summed E-state index contributed by atoms with van der Waals surface area (Å²) in [5, 5.41) is 9.58. The Balaban J connectivity index is 1.60. The molecule has 2 aromatic heterocycles. The van der Waals surface area contributed by atoms with E-state index in [9.17, 15) is 10.1 Å². The van der Waals surface area contributed by atoms with Crippen LogP contribution in [0.1, 0.15) is 28.8 Å². The molecule has 0 saturated carbocycles. The molecule has 164 valence electrons. The predicted octanol–water partition coefficient (Wildman–Crippen LogP) is 2.08. The molecular weight excluding hydrogens is 404 g/mol. The van der Waals surface area contributed by atoms with Gasteiger partial charge in [-0.2, -0.15) is 5.26 Å². The highest BCUT2D eigenvalue weighted by Crippen LogP contribution is 2.40. The Bertz CT molecular complexity index is 1090. The van der Waals surface area contributed by atoms with Gasteiger partial charge in [0.15, 0.2) is 11.6 Å². The number of anilines is 2. The highest BCUT2D eigenvalue weighted by molar-refractivity contribution is 5.99. The van der Waals surface area contributed by atoms with Crippen LogP contribution in [0.2, 0.25) is 0 Å². The number of aromatic nitrogens is 2. The van der Waals surface area contributed by atoms with Crippen LogP contribution in [0, 0.1) is 11.3 Å². The zero-order chi connectivity index (χ0) is 22.7. The summed E-state index contributed by atoms with van der Waals surface area (Å²) in [6.45, 7) is 1.17. The van der Waals surface area contributed by atoms with Gasteiger partial charge >= 0.3 is 0 Å². The van der Waals surface area contributed by atoms with Crippen molar-refractivity contribution in [3.8, 4) is 6.07 Å². The lowest BCUT2D eigenvalue weighted by atomic mass is 10.1. The van der Waals surface area contributed by atoms with Crippen molar-refractivity contribution in [2.24, 2.45) is 10.7 Å². The summed E-state index contributed by atoms with van der Waals surface area (Å²) in [7, 11) is 3.85. The molecule has 2 N–H and O–H groups in total. The van der Waals surface area contributed by atoms with Crippen molar-refractivity contribution in [3.05, 3.63) is 54.0 Å². The Hall–Kier alpha value is -3.93. The number of likely N-dealkylation sites (tertiary alicyclic amines) is 1. The van der Waals surface area contributed by atoms with E-state index in [0.717, 1.165) is 24.3 Å². The SMILES string of the molecule is CN(C)c1c(C#N)ccnc1N1C2CCC1CN(C(=O)c1cccnc1N=CC=CN)C2. The Labute approximate surface area is 187 Å². The topological polar surface area (TPSA) is 115 Å². The van der Waals surface area contributed by atoms with Gasteiger partial charge in [0.25, 0.3) is 5.91 Å². The molecule has 2 aliphatic rings. The zero-order valence-electron chi connectivity index (χ0n) is 18.2. The first kappa shape index (κ1) is 21.3. The minimum atomic E-state index is -0.0786. The Kier molecular flexibility index (Phi) is 6.03. The maximum absolute atomic E-state index is 13.4. The van der Waals surface area contributed by atoms with Gasteiger partial charge in [0.2, 0.25) is 0 Å². The number of aliphatic imine (C=N–C) groups is 1. The van der Waals surface area contributed by atoms with Crippen LogP contribution >= 0.6 is 0 Å². The van der Waals surface area contributed by atoms with E-state index in [4.69, 9.17) is 5.73 Å². The molecule has 9 heteroatoms. The molecule has 2 fully saturated rings. The third kappa shape index (κ3) is 3.87. The lowest BCUT2D eigenvalue weighted by Gasteiger charge is -2.43. The number of allylic oxidation sites excluding steroid dienone is 1. The number of pyridine rings is 2. The number of rotatable bonds is 5. The number of carbonyl (C=O) groups is 1. The first-order chi connectivity index (χ1) is 15.5. The number of carbonyl (C=O) groups excluding carboxylic acids is 1. The van der Waals surface area contributed by atoms with Gasteiger partial charge in [-0.3, -0.25) is 4.79 Å². The third-order valence-electron chi connectivity index (χ3n) is 5.90. The molecular formula is C23H26N8O. The van der Waals surface area contributed by atoms with E-state index in [1.807, 2.05) is 23.9 Å². The van der Waals surface area contributed by atoms with Gasteiger partial charge < -0.3 is 20.4 Å². The van der Waals surface area contributed by atoms with Crippen LogP contribution in [-0.4, -0.2) is 66.3 Å². The molecule has 2 atom stereocenters. The largest absolute Gasteiger partial charge is 0.405 e. The Morgan fingerprint density at radius 3 is 2.66 bits per heavy atom. The molecule has 0 aliphatic carbocycles. The standard InChI is InChI=1S/C23H26N8O/c1-29(2)20-16(13-25)8-12-28-22(20)31-17-6-7-18(31)15-30(14-17)23(32)19-5-3-10-26-21(19)27-11-4-9-24/h3-5,8-12,17-18H,6-7,14-15,24H2,1-2H3. The van der Waals surface area contributed by atoms with Crippen LogP contribution in [0.3, 0.4) is 0 Å². The maximum Gasteiger partial charge on any atom is 0.257 e. The number of nitriles is 1. The van der Waals surface area contributed by atoms with Crippen LogP contribution < -0.4 is 15.5 Å². The molecule has 4 heterocycles. The second-order valence-electron chi connectivity index (χ2n) is 8.08. The Morgan fingerprint density at radius 2 is 2.00 bits per heavy atom. The van der Waals surface area contributed by atoms with E-state index in [1.165, 1.54) is 12.4 Å². The monoisotopic (exact) mass is 430 g/mol. The van der Waals surface area contributed by atoms with Crippen LogP contribution in [0.5, 0.6) is 0 Å². The minimum absolute atomic E-state index is 0.0786. The van der Waals surface area contributed by atoms with Crippen molar-refractivity contribution in [2.45, 2.75) is 24.9 Å². The molecule has 1 amide bonds. The van der Waals surface area contributed by atoms with Crippen molar-refractivity contribution in [1.82, 2.24) is 14.9 Å². The average Bonchev–Trinajstić information content (AvgIpc) is 3.07. The first-order valence-electron chi connectivity index (χ1n) is 10.5. The number of hydrogen-bond donors (Lipinski definition) is 1. The van der Waals surface area contributed by atoms with Gasteiger partial charge in [-0.1, -0.05) is 0 Å². The summed E-state index contributed by atoms with van der Waals surface area (Å²) in [6, 6.07) is 7.80. The molecule has 9 nitrogen and oxygen atoms in total. The van der Waals surface area contributed by atoms with E-state index in [2.05, 4.69) is 25.9 Å². The second kappa shape index (κ2) is 9.06. The Morgan fingerprint density at radius 1 is 1.25 bits per heavy atom. The summed E-state index contributed by atoms with van der Waals surface area (Å²) < 4.78 is 0. The molecule has 2 unspecified atom stereocenters. The fourth-order valence-electron chi connectivity index (χ4n) is 4.58. The molecule has 0 aromatic carbocycles. The van der Waals surface area contributed by atoms with Crippen molar-refractivity contribution >= 4 is 29.4 Å². The maximum atomic E-state index is 13.4. The lowest BCUT2D eigenvalue weighted by molar-refractivity contribution is 0.0718. The molecule has 0 spiro atoms. The molecule has 4 rings (SSSR count). The lowest BCUT2D eigenvalue weighted by Crippen LogP contribution is -2.56. The number of piperazine rings is 1. The minimum Gasteiger partial charge on any atom is -0.405 e. The van der Waals surface area contributed by atoms with Crippen LogP contribution in [-0.2, 0) is 0 Å². The number of nitrogens with two attached hydrogens (primary N) is 1. The van der Waals surface area contributed by atoms with Crippen molar-refractivity contribution in [2.75, 3.05) is 37.0 Å². The summed E-state index contributed by atoms with van der Waals surface area (Å²) in [4.78, 5) is 32.7. The molecule has 2 aliphatic heterocycles. The smallest absolute Gasteiger partial charge is 0.257 e. The van der Waals surface area contributed by atoms with Gasteiger partial charge in [-0.15, -0.1) is 0 Å². The molecule has 2 saturated heterocycles. The highest BCUT2D eigenvalue weighted by Gasteiger charge is 2.43. The number of fused-ring (bicyclic) bond motifs is 2. The molecule has 32 heavy (non-hydrogen) atoms. The molecule has 2 bridgehead atoms. The van der Waals surface area contributed by atoms with Crippen LogP contribution in [0.25, 0.3) is 0 Å². The second-order valence-corrected chi connectivity index (χ2v) is 8.08. The first-order valence-corrected chi connectivity index (χ1v) is 10.5. The van der Waals surface area contributed by atoms with Gasteiger partial charge in [-0.05, 0) is 43.3 Å². The van der Waals surface area contributed by atoms with Gasteiger partial charge in [0.05, 0.1) is 16.8 Å². The summed E-state index contributed by atoms with van der Waals surface area (Å²) >= 11 is 0. The summed E-state index contributed by atoms with van der Waals surface area (Å²) in [5.41, 5.74) is 7.25. The number of nitrogens with zero attached hydrogens (tertiary/aromatic N) is 7.